The molecule has 0 aliphatic rings. The molecule has 3 rings (SSSR count). The fourth-order valence-corrected chi connectivity index (χ4v) is 2.97. The van der Waals surface area contributed by atoms with Crippen LogP contribution in [0.5, 0.6) is 0 Å². The lowest BCUT2D eigenvalue weighted by Gasteiger charge is -2.07. The summed E-state index contributed by atoms with van der Waals surface area (Å²) < 4.78 is 37.7. The number of carbonyl (C=O) groups is 1. The van der Waals surface area contributed by atoms with Crippen LogP contribution in [0, 0.1) is 0 Å². The minimum absolute atomic E-state index is 0.0785. The number of benzene rings is 2. The van der Waals surface area contributed by atoms with Crippen molar-refractivity contribution in [2.75, 3.05) is 5.32 Å². The van der Waals surface area contributed by atoms with Crippen LogP contribution in [0.25, 0.3) is 0 Å². The third kappa shape index (κ3) is 5.24. The Morgan fingerprint density at radius 3 is 2.41 bits per heavy atom. The van der Waals surface area contributed by atoms with Gasteiger partial charge in [-0.05, 0) is 42.0 Å². The van der Waals surface area contributed by atoms with Crippen LogP contribution < -0.4 is 5.32 Å². The molecule has 0 fully saturated rings. The van der Waals surface area contributed by atoms with E-state index in [0.717, 1.165) is 29.8 Å². The van der Waals surface area contributed by atoms with E-state index in [4.69, 9.17) is 11.6 Å². The van der Waals surface area contributed by atoms with Crippen molar-refractivity contribution in [3.8, 4) is 0 Å². The molecule has 0 atom stereocenters. The van der Waals surface area contributed by atoms with Crippen molar-refractivity contribution >= 4 is 35.2 Å². The van der Waals surface area contributed by atoms with Gasteiger partial charge in [0.25, 0.3) is 5.91 Å². The Morgan fingerprint density at radius 2 is 1.78 bits per heavy atom. The van der Waals surface area contributed by atoms with E-state index in [1.165, 1.54) is 11.8 Å². The first kappa shape index (κ1) is 19.2. The zero-order valence-electron chi connectivity index (χ0n) is 13.5. The lowest BCUT2D eigenvalue weighted by molar-refractivity contribution is -0.137. The van der Waals surface area contributed by atoms with E-state index in [-0.39, 0.29) is 11.5 Å². The van der Waals surface area contributed by atoms with Crippen LogP contribution in [0.15, 0.2) is 53.7 Å². The monoisotopic (exact) mass is 412 g/mol. The smallest absolute Gasteiger partial charge is 0.291 e. The number of nitrogens with zero attached hydrogens (tertiary/aromatic N) is 2. The fourth-order valence-electron chi connectivity index (χ4n) is 2.09. The van der Waals surface area contributed by atoms with Crippen molar-refractivity contribution in [1.82, 2.24) is 15.2 Å². The number of hydrogen-bond donors (Lipinski definition) is 2. The Hall–Kier alpha value is -2.52. The number of carbonyl (C=O) groups excluding carboxylic acids is 1. The number of alkyl halides is 3. The normalized spacial score (nSPS) is 11.4. The number of H-pyrrole nitrogens is 1. The molecule has 0 bridgehead atoms. The zero-order valence-corrected chi connectivity index (χ0v) is 15.1. The minimum atomic E-state index is -4.45. The Bertz CT molecular complexity index is 927. The molecule has 0 spiro atoms. The lowest BCUT2D eigenvalue weighted by Crippen LogP contribution is -2.13. The number of anilines is 1. The third-order valence-corrected chi connectivity index (χ3v) is 4.62. The van der Waals surface area contributed by atoms with Crippen molar-refractivity contribution < 1.29 is 18.0 Å². The molecule has 0 aliphatic heterocycles. The van der Waals surface area contributed by atoms with E-state index in [0.29, 0.717) is 15.9 Å². The van der Waals surface area contributed by atoms with E-state index < -0.39 is 17.6 Å². The Kier molecular flexibility index (Phi) is 5.71. The standard InChI is InChI=1S/C17H12ClF3N4OS/c18-13-7-1-10(2-8-13)9-27-16-23-15(24-25-16)22-14(26)11-3-5-12(6-4-11)17(19,20)21/h1-8H,9H2,(H2,22,23,24,25,26). The van der Waals surface area contributed by atoms with Crippen LogP contribution in [0.4, 0.5) is 19.1 Å². The summed E-state index contributed by atoms with van der Waals surface area (Å²) in [5.74, 6) is 0.133. The predicted octanol–water partition coefficient (Wildman–Crippen LogP) is 5.02. The van der Waals surface area contributed by atoms with Gasteiger partial charge in [-0.15, -0.1) is 5.10 Å². The Labute approximate surface area is 161 Å². The van der Waals surface area contributed by atoms with E-state index in [2.05, 4.69) is 20.5 Å². The number of rotatable bonds is 5. The largest absolute Gasteiger partial charge is 0.416 e. The molecular weight excluding hydrogens is 401 g/mol. The van der Waals surface area contributed by atoms with Gasteiger partial charge in [-0.2, -0.15) is 18.2 Å². The molecule has 0 saturated carbocycles. The topological polar surface area (TPSA) is 70.7 Å². The summed E-state index contributed by atoms with van der Waals surface area (Å²) in [6.07, 6.45) is -4.45. The molecule has 27 heavy (non-hydrogen) atoms. The molecule has 10 heteroatoms. The van der Waals surface area contributed by atoms with Crippen LogP contribution in [0.2, 0.25) is 5.02 Å². The van der Waals surface area contributed by atoms with E-state index >= 15 is 0 Å². The molecule has 2 N–H and O–H groups in total. The number of thioether (sulfide) groups is 1. The van der Waals surface area contributed by atoms with Gasteiger partial charge in [-0.3, -0.25) is 10.1 Å². The highest BCUT2D eigenvalue weighted by atomic mass is 35.5. The summed E-state index contributed by atoms with van der Waals surface area (Å²) in [4.78, 5) is 16.2. The quantitative estimate of drug-likeness (QED) is 0.577. The van der Waals surface area contributed by atoms with Gasteiger partial charge in [0.1, 0.15) is 0 Å². The molecule has 0 radical (unpaired) electrons. The van der Waals surface area contributed by atoms with Gasteiger partial charge in [0, 0.05) is 16.3 Å². The molecule has 2 aromatic carbocycles. The Balaban J connectivity index is 1.58. The van der Waals surface area contributed by atoms with Gasteiger partial charge >= 0.3 is 6.18 Å². The van der Waals surface area contributed by atoms with E-state index in [1.807, 2.05) is 12.1 Å². The van der Waals surface area contributed by atoms with E-state index in [9.17, 15) is 18.0 Å². The molecule has 1 heterocycles. The highest BCUT2D eigenvalue weighted by Crippen LogP contribution is 2.29. The summed E-state index contributed by atoms with van der Waals surface area (Å²) >= 11 is 7.18. The highest BCUT2D eigenvalue weighted by molar-refractivity contribution is 7.98. The third-order valence-electron chi connectivity index (χ3n) is 3.45. The second-order valence-electron chi connectivity index (χ2n) is 5.41. The summed E-state index contributed by atoms with van der Waals surface area (Å²) in [5, 5.41) is 10.1. The fraction of sp³-hybridized carbons (Fsp3) is 0.118. The maximum atomic E-state index is 12.6. The van der Waals surface area contributed by atoms with Crippen LogP contribution in [-0.4, -0.2) is 21.1 Å². The summed E-state index contributed by atoms with van der Waals surface area (Å²) in [7, 11) is 0. The first-order valence-electron chi connectivity index (χ1n) is 7.59. The molecule has 0 aliphatic carbocycles. The molecule has 1 amide bonds. The van der Waals surface area contributed by atoms with Crippen LogP contribution in [0.3, 0.4) is 0 Å². The predicted molar refractivity (Wildman–Crippen MR) is 96.8 cm³/mol. The maximum absolute atomic E-state index is 12.6. The lowest BCUT2D eigenvalue weighted by atomic mass is 10.1. The average Bonchev–Trinajstić information content (AvgIpc) is 3.08. The number of amides is 1. The van der Waals surface area contributed by atoms with Crippen LogP contribution >= 0.6 is 23.4 Å². The zero-order chi connectivity index (χ0) is 19.4. The highest BCUT2D eigenvalue weighted by Gasteiger charge is 2.30. The number of halogens is 4. The van der Waals surface area contributed by atoms with Gasteiger partial charge in [-0.1, -0.05) is 35.5 Å². The average molecular weight is 413 g/mol. The summed E-state index contributed by atoms with van der Waals surface area (Å²) in [5.41, 5.74) is 0.291. The summed E-state index contributed by atoms with van der Waals surface area (Å²) in [6.45, 7) is 0. The molecule has 140 valence electrons. The first-order valence-corrected chi connectivity index (χ1v) is 8.96. The van der Waals surface area contributed by atoms with Gasteiger partial charge in [-0.25, -0.2) is 5.10 Å². The second-order valence-corrected chi connectivity index (χ2v) is 6.79. The number of hydrogen-bond acceptors (Lipinski definition) is 4. The second kappa shape index (κ2) is 8.01. The van der Waals surface area contributed by atoms with Gasteiger partial charge in [0.2, 0.25) is 11.1 Å². The van der Waals surface area contributed by atoms with Gasteiger partial charge < -0.3 is 0 Å². The van der Waals surface area contributed by atoms with Crippen LogP contribution in [0.1, 0.15) is 21.5 Å². The van der Waals surface area contributed by atoms with Crippen molar-refractivity contribution in [3.05, 3.63) is 70.2 Å². The van der Waals surface area contributed by atoms with Crippen molar-refractivity contribution in [3.63, 3.8) is 0 Å². The minimum Gasteiger partial charge on any atom is -0.291 e. The van der Waals surface area contributed by atoms with Gasteiger partial charge in [0.15, 0.2) is 0 Å². The van der Waals surface area contributed by atoms with Crippen LogP contribution in [-0.2, 0) is 11.9 Å². The van der Waals surface area contributed by atoms with Crippen molar-refractivity contribution in [2.45, 2.75) is 17.1 Å². The SMILES string of the molecule is O=C(Nc1nc(SCc2ccc(Cl)cc2)n[nH]1)c1ccc(C(F)(F)F)cc1. The number of aromatic nitrogens is 3. The summed E-state index contributed by atoms with van der Waals surface area (Å²) in [6, 6.07) is 11.2. The van der Waals surface area contributed by atoms with Crippen molar-refractivity contribution in [1.29, 1.82) is 0 Å². The molecule has 1 aromatic heterocycles. The number of nitrogens with one attached hydrogen (secondary N) is 2. The molecule has 3 aromatic rings. The first-order chi connectivity index (χ1) is 12.8. The molecular formula is C17H12ClF3N4OS. The van der Waals surface area contributed by atoms with Gasteiger partial charge in [0.05, 0.1) is 5.56 Å². The molecule has 5 nitrogen and oxygen atoms in total. The van der Waals surface area contributed by atoms with Crippen molar-refractivity contribution in [2.24, 2.45) is 0 Å². The van der Waals surface area contributed by atoms with E-state index in [1.54, 1.807) is 12.1 Å². The maximum Gasteiger partial charge on any atom is 0.416 e. The molecule has 0 saturated heterocycles. The molecule has 0 unspecified atom stereocenters. The Morgan fingerprint density at radius 1 is 1.11 bits per heavy atom. The number of aromatic amines is 1.